The highest BCUT2D eigenvalue weighted by Gasteiger charge is 2.58. The standard InChI is InChI=1S/C29H43N3O5/c1-7-18(5)23(17-33)32-26(27(34)30-20-12-14-21(15-13-20)31(8-2)9-3)22-16-11-19(6)24(25(22)28(32)35)29(36)37-10-4/h11-16,18-19,22-26,33H,7-10,17H2,1-6H3,(H,30,34)/t18-,19+,22-,23-,24+,25-,26-/m0/s1. The lowest BCUT2D eigenvalue weighted by atomic mass is 9.70. The van der Waals surface area contributed by atoms with E-state index in [1.54, 1.807) is 11.8 Å². The first kappa shape index (κ1) is 28.7. The molecule has 37 heavy (non-hydrogen) atoms. The van der Waals surface area contributed by atoms with E-state index in [1.165, 1.54) is 0 Å². The molecule has 1 saturated heterocycles. The highest BCUT2D eigenvalue weighted by Crippen LogP contribution is 2.46. The molecule has 0 bridgehead atoms. The van der Waals surface area contributed by atoms with Gasteiger partial charge < -0.3 is 25.0 Å². The monoisotopic (exact) mass is 513 g/mol. The number of carbonyl (C=O) groups excluding carboxylic acids is 3. The number of aliphatic hydroxyl groups is 1. The molecule has 0 unspecified atom stereocenters. The van der Waals surface area contributed by atoms with Crippen LogP contribution in [-0.2, 0) is 19.1 Å². The molecule has 1 aliphatic heterocycles. The molecular weight excluding hydrogens is 470 g/mol. The Kier molecular flexibility index (Phi) is 9.76. The number of aliphatic hydroxyl groups excluding tert-OH is 1. The van der Waals surface area contributed by atoms with E-state index in [1.807, 2.05) is 57.2 Å². The Morgan fingerprint density at radius 3 is 2.30 bits per heavy atom. The van der Waals surface area contributed by atoms with Gasteiger partial charge in [0, 0.05) is 30.4 Å². The van der Waals surface area contributed by atoms with Crippen LogP contribution in [0, 0.1) is 29.6 Å². The molecule has 0 saturated carbocycles. The van der Waals surface area contributed by atoms with E-state index in [0.29, 0.717) is 5.69 Å². The molecule has 2 amide bonds. The molecule has 204 valence electrons. The largest absolute Gasteiger partial charge is 0.466 e. The Labute approximate surface area is 221 Å². The maximum atomic E-state index is 14.0. The highest BCUT2D eigenvalue weighted by atomic mass is 16.5. The Morgan fingerprint density at radius 2 is 1.76 bits per heavy atom. The first-order valence-electron chi connectivity index (χ1n) is 13.7. The van der Waals surface area contributed by atoms with Gasteiger partial charge in [-0.25, -0.2) is 0 Å². The van der Waals surface area contributed by atoms with E-state index in [-0.39, 0.29) is 36.9 Å². The normalized spacial score (nSPS) is 26.4. The summed E-state index contributed by atoms with van der Waals surface area (Å²) in [6, 6.07) is 6.29. The number of ether oxygens (including phenoxy) is 1. The van der Waals surface area contributed by atoms with Gasteiger partial charge in [-0.3, -0.25) is 14.4 Å². The average molecular weight is 514 g/mol. The Hall–Kier alpha value is -2.87. The first-order valence-corrected chi connectivity index (χ1v) is 13.7. The summed E-state index contributed by atoms with van der Waals surface area (Å²) in [5, 5.41) is 13.3. The van der Waals surface area contributed by atoms with Gasteiger partial charge in [-0.15, -0.1) is 0 Å². The molecule has 7 atom stereocenters. The fourth-order valence-electron chi connectivity index (χ4n) is 5.87. The number of carbonyl (C=O) groups is 3. The van der Waals surface area contributed by atoms with Crippen molar-refractivity contribution in [3.63, 3.8) is 0 Å². The Balaban J connectivity index is 1.98. The summed E-state index contributed by atoms with van der Waals surface area (Å²) >= 11 is 0. The van der Waals surface area contributed by atoms with Crippen LogP contribution < -0.4 is 10.2 Å². The molecule has 1 aliphatic carbocycles. The van der Waals surface area contributed by atoms with Crippen LogP contribution in [0.3, 0.4) is 0 Å². The second-order valence-corrected chi connectivity index (χ2v) is 10.2. The lowest BCUT2D eigenvalue weighted by molar-refractivity contribution is -0.156. The zero-order valence-corrected chi connectivity index (χ0v) is 23.0. The van der Waals surface area contributed by atoms with Crippen molar-refractivity contribution in [1.82, 2.24) is 4.90 Å². The van der Waals surface area contributed by atoms with Crippen molar-refractivity contribution in [3.8, 4) is 0 Å². The van der Waals surface area contributed by atoms with Gasteiger partial charge >= 0.3 is 5.97 Å². The number of hydrogen-bond donors (Lipinski definition) is 2. The molecule has 8 heteroatoms. The maximum Gasteiger partial charge on any atom is 0.310 e. The van der Waals surface area contributed by atoms with Crippen molar-refractivity contribution in [2.24, 2.45) is 29.6 Å². The van der Waals surface area contributed by atoms with Crippen LogP contribution in [0.4, 0.5) is 11.4 Å². The molecule has 1 aromatic rings. The minimum Gasteiger partial charge on any atom is -0.466 e. The SMILES string of the molecule is CCOC(=O)[C@H]1[C@H]2C(=O)N([C@@H](CO)[C@@H](C)CC)[C@H](C(=O)Nc3ccc(N(CC)CC)cc3)[C@H]2C=C[C@H]1C. The smallest absolute Gasteiger partial charge is 0.310 e. The van der Waals surface area contributed by atoms with Crippen molar-refractivity contribution in [1.29, 1.82) is 0 Å². The number of rotatable bonds is 11. The zero-order chi connectivity index (χ0) is 27.3. The third kappa shape index (κ3) is 5.69. The molecule has 1 aromatic carbocycles. The zero-order valence-electron chi connectivity index (χ0n) is 23.0. The van der Waals surface area contributed by atoms with Gasteiger partial charge in [0.1, 0.15) is 6.04 Å². The number of benzene rings is 1. The summed E-state index contributed by atoms with van der Waals surface area (Å²) in [5.41, 5.74) is 1.70. The molecule has 1 fully saturated rings. The van der Waals surface area contributed by atoms with Gasteiger partial charge in [0.2, 0.25) is 11.8 Å². The number of likely N-dealkylation sites (tertiary alicyclic amines) is 1. The molecular formula is C29H43N3O5. The summed E-state index contributed by atoms with van der Waals surface area (Å²) in [5.74, 6) is -3.11. The van der Waals surface area contributed by atoms with E-state index < -0.39 is 35.8 Å². The van der Waals surface area contributed by atoms with Crippen LogP contribution in [0.2, 0.25) is 0 Å². The number of amides is 2. The fraction of sp³-hybridized carbons (Fsp3) is 0.621. The number of fused-ring (bicyclic) bond motifs is 1. The number of hydrogen-bond acceptors (Lipinski definition) is 6. The van der Waals surface area contributed by atoms with E-state index in [0.717, 1.165) is 25.2 Å². The minimum absolute atomic E-state index is 0.0276. The lowest BCUT2D eigenvalue weighted by Gasteiger charge is -2.36. The van der Waals surface area contributed by atoms with Gasteiger partial charge in [-0.05, 0) is 56.9 Å². The molecule has 2 N–H and O–H groups in total. The second-order valence-electron chi connectivity index (χ2n) is 10.2. The predicted octanol–water partition coefficient (Wildman–Crippen LogP) is 3.71. The van der Waals surface area contributed by atoms with Gasteiger partial charge in [-0.1, -0.05) is 39.3 Å². The Bertz CT molecular complexity index is 974. The topological polar surface area (TPSA) is 99.2 Å². The predicted molar refractivity (Wildman–Crippen MR) is 145 cm³/mol. The number of allylic oxidation sites excluding steroid dienone is 1. The van der Waals surface area contributed by atoms with Crippen LogP contribution in [0.15, 0.2) is 36.4 Å². The molecule has 0 radical (unpaired) electrons. The summed E-state index contributed by atoms with van der Waals surface area (Å²) < 4.78 is 5.34. The highest BCUT2D eigenvalue weighted by molar-refractivity contribution is 6.01. The summed E-state index contributed by atoms with van der Waals surface area (Å²) in [6.45, 7) is 13.5. The number of nitrogens with one attached hydrogen (secondary N) is 1. The van der Waals surface area contributed by atoms with Gasteiger partial charge in [-0.2, -0.15) is 0 Å². The van der Waals surface area contributed by atoms with Gasteiger partial charge in [0.15, 0.2) is 0 Å². The van der Waals surface area contributed by atoms with E-state index in [4.69, 9.17) is 4.74 Å². The first-order chi connectivity index (χ1) is 17.7. The molecule has 0 aromatic heterocycles. The Morgan fingerprint density at radius 1 is 1.11 bits per heavy atom. The lowest BCUT2D eigenvalue weighted by Crippen LogP contribution is -2.52. The quantitative estimate of drug-likeness (QED) is 0.346. The summed E-state index contributed by atoms with van der Waals surface area (Å²) in [7, 11) is 0. The van der Waals surface area contributed by atoms with Crippen LogP contribution in [0.25, 0.3) is 0 Å². The summed E-state index contributed by atoms with van der Waals surface area (Å²) in [4.78, 5) is 44.5. The maximum absolute atomic E-state index is 14.0. The van der Waals surface area contributed by atoms with Crippen molar-refractivity contribution in [2.45, 2.75) is 60.0 Å². The molecule has 8 nitrogen and oxygen atoms in total. The molecule has 2 aliphatic rings. The molecule has 1 heterocycles. The number of anilines is 2. The van der Waals surface area contributed by atoms with E-state index >= 15 is 0 Å². The molecule has 0 spiro atoms. The van der Waals surface area contributed by atoms with Crippen molar-refractivity contribution < 1.29 is 24.2 Å². The van der Waals surface area contributed by atoms with E-state index in [9.17, 15) is 19.5 Å². The average Bonchev–Trinajstić information content (AvgIpc) is 3.18. The van der Waals surface area contributed by atoms with Gasteiger partial charge in [0.25, 0.3) is 0 Å². The third-order valence-electron chi connectivity index (χ3n) is 8.14. The van der Waals surface area contributed by atoms with Gasteiger partial charge in [0.05, 0.1) is 31.1 Å². The van der Waals surface area contributed by atoms with Crippen molar-refractivity contribution in [3.05, 3.63) is 36.4 Å². The van der Waals surface area contributed by atoms with Crippen LogP contribution in [0.5, 0.6) is 0 Å². The minimum atomic E-state index is -0.841. The number of esters is 1. The molecule has 3 rings (SSSR count). The number of nitrogens with zero attached hydrogens (tertiary/aromatic N) is 2. The van der Waals surface area contributed by atoms with Crippen LogP contribution in [0.1, 0.15) is 48.0 Å². The summed E-state index contributed by atoms with van der Waals surface area (Å²) in [6.07, 6.45) is 4.55. The van der Waals surface area contributed by atoms with E-state index in [2.05, 4.69) is 24.1 Å². The van der Waals surface area contributed by atoms with Crippen LogP contribution >= 0.6 is 0 Å². The van der Waals surface area contributed by atoms with Crippen molar-refractivity contribution in [2.75, 3.05) is 36.5 Å². The van der Waals surface area contributed by atoms with Crippen LogP contribution in [-0.4, -0.2) is 66.2 Å². The second kappa shape index (κ2) is 12.6. The van der Waals surface area contributed by atoms with Crippen molar-refractivity contribution >= 4 is 29.2 Å². The third-order valence-corrected chi connectivity index (χ3v) is 8.14. The fourth-order valence-corrected chi connectivity index (χ4v) is 5.87.